The highest BCUT2D eigenvalue weighted by molar-refractivity contribution is 5.78. The van der Waals surface area contributed by atoms with Crippen LogP contribution in [0.25, 0.3) is 0 Å². The predicted octanol–water partition coefficient (Wildman–Crippen LogP) is 1.30. The molecular formula is C19H24N4O3. The van der Waals surface area contributed by atoms with Gasteiger partial charge in [-0.3, -0.25) is 14.5 Å². The van der Waals surface area contributed by atoms with Gasteiger partial charge < -0.3 is 14.4 Å². The zero-order valence-electron chi connectivity index (χ0n) is 14.8. The van der Waals surface area contributed by atoms with Gasteiger partial charge in [0, 0.05) is 30.8 Å². The lowest BCUT2D eigenvalue weighted by molar-refractivity contribution is -0.135. The number of hydrogen-bond donors (Lipinski definition) is 0. The average molecular weight is 356 g/mol. The van der Waals surface area contributed by atoms with Crippen LogP contribution in [0.2, 0.25) is 0 Å². The number of aromatic nitrogens is 3. The van der Waals surface area contributed by atoms with Crippen LogP contribution in [0.15, 0.2) is 42.9 Å². The molecule has 7 heteroatoms. The molecule has 26 heavy (non-hydrogen) atoms. The van der Waals surface area contributed by atoms with Gasteiger partial charge in [-0.1, -0.05) is 6.07 Å². The number of carbonyl (C=O) groups is 1. The summed E-state index contributed by atoms with van der Waals surface area (Å²) in [6.07, 6.45) is 7.70. The molecule has 1 spiro atoms. The summed E-state index contributed by atoms with van der Waals surface area (Å²) < 4.78 is 14.1. The Kier molecular flexibility index (Phi) is 4.99. The zero-order valence-corrected chi connectivity index (χ0v) is 14.8. The quantitative estimate of drug-likeness (QED) is 0.826. The maximum atomic E-state index is 12.8. The molecule has 0 aromatic carbocycles. The van der Waals surface area contributed by atoms with E-state index in [1.54, 1.807) is 12.4 Å². The highest BCUT2D eigenvalue weighted by Gasteiger charge is 2.44. The molecule has 2 aliphatic rings. The van der Waals surface area contributed by atoms with E-state index in [2.05, 4.69) is 10.1 Å². The molecule has 1 amide bonds. The Morgan fingerprint density at radius 3 is 3.08 bits per heavy atom. The molecule has 0 aliphatic carbocycles. The third-order valence-electron chi connectivity index (χ3n) is 5.05. The van der Waals surface area contributed by atoms with Crippen molar-refractivity contribution in [3.63, 3.8) is 0 Å². The monoisotopic (exact) mass is 356 g/mol. The van der Waals surface area contributed by atoms with Crippen LogP contribution in [0.5, 0.6) is 0 Å². The van der Waals surface area contributed by atoms with E-state index in [1.165, 1.54) is 0 Å². The SMILES string of the molecule is O=C(Cc1ccccn1)N1CCOCC2(CCC(Cn3cccn3)O2)C1. The molecule has 2 saturated heterocycles. The van der Waals surface area contributed by atoms with E-state index < -0.39 is 5.60 Å². The van der Waals surface area contributed by atoms with Crippen molar-refractivity contribution in [2.24, 2.45) is 0 Å². The van der Waals surface area contributed by atoms with Gasteiger partial charge in [-0.2, -0.15) is 5.10 Å². The fourth-order valence-electron chi connectivity index (χ4n) is 3.75. The van der Waals surface area contributed by atoms with E-state index >= 15 is 0 Å². The Morgan fingerprint density at radius 1 is 1.31 bits per heavy atom. The van der Waals surface area contributed by atoms with Gasteiger partial charge in [0.2, 0.25) is 5.91 Å². The van der Waals surface area contributed by atoms with Crippen molar-refractivity contribution in [2.75, 3.05) is 26.3 Å². The van der Waals surface area contributed by atoms with Gasteiger partial charge in [0.25, 0.3) is 0 Å². The molecule has 4 heterocycles. The van der Waals surface area contributed by atoms with Gasteiger partial charge in [0.05, 0.1) is 38.8 Å². The van der Waals surface area contributed by atoms with Crippen LogP contribution in [0.1, 0.15) is 18.5 Å². The molecule has 0 bridgehead atoms. The zero-order chi connectivity index (χ0) is 17.8. The number of carbonyl (C=O) groups excluding carboxylic acids is 1. The van der Waals surface area contributed by atoms with Gasteiger partial charge in [-0.15, -0.1) is 0 Å². The fraction of sp³-hybridized carbons (Fsp3) is 0.526. The van der Waals surface area contributed by atoms with Crippen molar-refractivity contribution in [1.29, 1.82) is 0 Å². The molecule has 0 saturated carbocycles. The average Bonchev–Trinajstić information content (AvgIpc) is 3.24. The summed E-state index contributed by atoms with van der Waals surface area (Å²) in [7, 11) is 0. The number of amides is 1. The van der Waals surface area contributed by atoms with Gasteiger partial charge in [0.15, 0.2) is 0 Å². The second-order valence-corrected chi connectivity index (χ2v) is 7.06. The molecule has 138 valence electrons. The third-order valence-corrected chi connectivity index (χ3v) is 5.05. The Labute approximate surface area is 152 Å². The molecule has 2 atom stereocenters. The summed E-state index contributed by atoms with van der Waals surface area (Å²) in [6, 6.07) is 7.56. The van der Waals surface area contributed by atoms with Crippen LogP contribution in [-0.4, -0.2) is 63.6 Å². The number of rotatable bonds is 4. The summed E-state index contributed by atoms with van der Waals surface area (Å²) in [6.45, 7) is 2.99. The first-order chi connectivity index (χ1) is 12.7. The van der Waals surface area contributed by atoms with E-state index in [0.717, 1.165) is 25.1 Å². The normalized spacial score (nSPS) is 26.2. The molecule has 7 nitrogen and oxygen atoms in total. The molecule has 2 aromatic rings. The largest absolute Gasteiger partial charge is 0.377 e. The Hall–Kier alpha value is -2.25. The van der Waals surface area contributed by atoms with E-state index in [-0.39, 0.29) is 12.0 Å². The minimum absolute atomic E-state index is 0.0766. The maximum Gasteiger partial charge on any atom is 0.228 e. The van der Waals surface area contributed by atoms with Crippen molar-refractivity contribution in [3.05, 3.63) is 48.5 Å². The molecule has 0 N–H and O–H groups in total. The fourth-order valence-corrected chi connectivity index (χ4v) is 3.75. The number of hydrogen-bond acceptors (Lipinski definition) is 5. The Bertz CT molecular complexity index is 722. The van der Waals surface area contributed by atoms with Crippen LogP contribution in [0.3, 0.4) is 0 Å². The van der Waals surface area contributed by atoms with E-state index in [1.807, 2.05) is 40.0 Å². The van der Waals surface area contributed by atoms with Crippen LogP contribution >= 0.6 is 0 Å². The van der Waals surface area contributed by atoms with Crippen molar-refractivity contribution in [2.45, 2.75) is 37.5 Å². The molecule has 0 radical (unpaired) electrons. The summed E-state index contributed by atoms with van der Waals surface area (Å²) in [5, 5.41) is 4.26. The van der Waals surface area contributed by atoms with Crippen molar-refractivity contribution < 1.29 is 14.3 Å². The number of pyridine rings is 1. The number of nitrogens with zero attached hydrogens (tertiary/aromatic N) is 4. The lowest BCUT2D eigenvalue weighted by atomic mass is 10.00. The first kappa shape index (κ1) is 17.2. The van der Waals surface area contributed by atoms with Crippen LogP contribution in [-0.2, 0) is 27.2 Å². The third kappa shape index (κ3) is 3.94. The first-order valence-corrected chi connectivity index (χ1v) is 9.13. The highest BCUT2D eigenvalue weighted by atomic mass is 16.6. The predicted molar refractivity (Wildman–Crippen MR) is 94.4 cm³/mol. The van der Waals surface area contributed by atoms with Crippen molar-refractivity contribution in [1.82, 2.24) is 19.7 Å². The lowest BCUT2D eigenvalue weighted by Crippen LogP contribution is -2.47. The van der Waals surface area contributed by atoms with Gasteiger partial charge >= 0.3 is 0 Å². The summed E-state index contributed by atoms with van der Waals surface area (Å²) in [5.41, 5.74) is 0.384. The first-order valence-electron chi connectivity index (χ1n) is 9.13. The standard InChI is InChI=1S/C19H24N4O3/c24-18(12-16-4-1-2-7-20-16)22-10-11-25-15-19(14-22)6-5-17(26-19)13-23-9-3-8-21-23/h1-4,7-9,17H,5-6,10-15H2. The number of ether oxygens (including phenoxy) is 2. The summed E-state index contributed by atoms with van der Waals surface area (Å²) in [4.78, 5) is 18.9. The minimum atomic E-state index is -0.409. The second-order valence-electron chi connectivity index (χ2n) is 7.06. The second kappa shape index (κ2) is 7.55. The summed E-state index contributed by atoms with van der Waals surface area (Å²) >= 11 is 0. The maximum absolute atomic E-state index is 12.8. The van der Waals surface area contributed by atoms with Gasteiger partial charge in [0.1, 0.15) is 5.60 Å². The van der Waals surface area contributed by atoms with E-state index in [4.69, 9.17) is 9.47 Å². The molecule has 2 unspecified atom stereocenters. The molecule has 2 aromatic heterocycles. The molecule has 2 fully saturated rings. The molecular weight excluding hydrogens is 332 g/mol. The smallest absolute Gasteiger partial charge is 0.228 e. The van der Waals surface area contributed by atoms with Crippen LogP contribution in [0.4, 0.5) is 0 Å². The topological polar surface area (TPSA) is 69.5 Å². The Morgan fingerprint density at radius 2 is 2.27 bits per heavy atom. The highest BCUT2D eigenvalue weighted by Crippen LogP contribution is 2.33. The van der Waals surface area contributed by atoms with Crippen LogP contribution in [0, 0.1) is 0 Å². The van der Waals surface area contributed by atoms with Crippen LogP contribution < -0.4 is 0 Å². The molecule has 2 aliphatic heterocycles. The van der Waals surface area contributed by atoms with E-state index in [9.17, 15) is 4.79 Å². The Balaban J connectivity index is 1.40. The van der Waals surface area contributed by atoms with Crippen molar-refractivity contribution >= 4 is 5.91 Å². The van der Waals surface area contributed by atoms with Gasteiger partial charge in [-0.25, -0.2) is 0 Å². The minimum Gasteiger partial charge on any atom is -0.377 e. The van der Waals surface area contributed by atoms with Gasteiger partial charge in [-0.05, 0) is 31.0 Å². The van der Waals surface area contributed by atoms with Crippen molar-refractivity contribution in [3.8, 4) is 0 Å². The summed E-state index contributed by atoms with van der Waals surface area (Å²) in [5.74, 6) is 0.0766. The lowest BCUT2D eigenvalue weighted by Gasteiger charge is -2.32. The van der Waals surface area contributed by atoms with E-state index in [0.29, 0.717) is 32.7 Å². The molecule has 4 rings (SSSR count).